The lowest BCUT2D eigenvalue weighted by Crippen LogP contribution is -2.49. The average molecular weight is 328 g/mol. The van der Waals surface area contributed by atoms with E-state index in [4.69, 9.17) is 9.47 Å². The highest BCUT2D eigenvalue weighted by Crippen LogP contribution is 2.35. The van der Waals surface area contributed by atoms with E-state index in [0.29, 0.717) is 31.1 Å². The second kappa shape index (κ2) is 8.80. The molecule has 2 aliphatic rings. The van der Waals surface area contributed by atoms with E-state index in [1.54, 1.807) is 0 Å². The van der Waals surface area contributed by atoms with Gasteiger partial charge in [-0.3, -0.25) is 4.90 Å². The maximum absolute atomic E-state index is 10.4. The van der Waals surface area contributed by atoms with Gasteiger partial charge in [-0.2, -0.15) is 0 Å². The first-order valence-corrected chi connectivity index (χ1v) is 9.52. The van der Waals surface area contributed by atoms with Crippen molar-refractivity contribution in [2.24, 2.45) is 17.8 Å². The van der Waals surface area contributed by atoms with Crippen LogP contribution >= 0.6 is 0 Å². The minimum Gasteiger partial charge on any atom is -0.389 e. The number of hydrogen-bond donors (Lipinski definition) is 1. The molecule has 23 heavy (non-hydrogen) atoms. The number of morpholine rings is 1. The maximum atomic E-state index is 10.4. The van der Waals surface area contributed by atoms with Crippen molar-refractivity contribution in [1.82, 2.24) is 4.90 Å². The molecular weight excluding hydrogens is 290 g/mol. The zero-order valence-corrected chi connectivity index (χ0v) is 15.7. The summed E-state index contributed by atoms with van der Waals surface area (Å²) >= 11 is 0. The van der Waals surface area contributed by atoms with Crippen molar-refractivity contribution in [1.29, 1.82) is 0 Å². The van der Waals surface area contributed by atoms with Crippen molar-refractivity contribution in [2.45, 2.75) is 78.3 Å². The molecule has 1 aliphatic carbocycles. The number of rotatable bonds is 6. The summed E-state index contributed by atoms with van der Waals surface area (Å²) in [4.78, 5) is 2.30. The Morgan fingerprint density at radius 2 is 1.78 bits per heavy atom. The van der Waals surface area contributed by atoms with Gasteiger partial charge in [-0.15, -0.1) is 0 Å². The van der Waals surface area contributed by atoms with Gasteiger partial charge in [0.05, 0.1) is 31.0 Å². The van der Waals surface area contributed by atoms with E-state index < -0.39 is 6.10 Å². The molecule has 0 aromatic heterocycles. The lowest BCUT2D eigenvalue weighted by Gasteiger charge is -2.38. The van der Waals surface area contributed by atoms with Gasteiger partial charge in [0.25, 0.3) is 0 Å². The van der Waals surface area contributed by atoms with Crippen molar-refractivity contribution in [3.05, 3.63) is 0 Å². The highest BCUT2D eigenvalue weighted by Gasteiger charge is 2.32. The van der Waals surface area contributed by atoms with Crippen molar-refractivity contribution in [3.63, 3.8) is 0 Å². The molecule has 0 amide bonds. The molecule has 1 aliphatic heterocycles. The topological polar surface area (TPSA) is 41.9 Å². The Morgan fingerprint density at radius 1 is 1.13 bits per heavy atom. The van der Waals surface area contributed by atoms with Crippen LogP contribution in [0.4, 0.5) is 0 Å². The van der Waals surface area contributed by atoms with Gasteiger partial charge in [-0.05, 0) is 44.4 Å². The van der Waals surface area contributed by atoms with Gasteiger partial charge >= 0.3 is 0 Å². The Labute approximate surface area is 142 Å². The van der Waals surface area contributed by atoms with Crippen LogP contribution in [-0.4, -0.2) is 60.7 Å². The van der Waals surface area contributed by atoms with E-state index in [2.05, 4.69) is 39.5 Å². The van der Waals surface area contributed by atoms with Crippen LogP contribution in [0, 0.1) is 17.8 Å². The van der Waals surface area contributed by atoms with Gasteiger partial charge in [-0.1, -0.05) is 27.2 Å². The van der Waals surface area contributed by atoms with E-state index in [-0.39, 0.29) is 12.2 Å². The Kier molecular flexibility index (Phi) is 7.33. The zero-order valence-electron chi connectivity index (χ0n) is 15.7. The fourth-order valence-electron chi connectivity index (χ4n) is 4.33. The second-order valence-electron chi connectivity index (χ2n) is 8.33. The number of hydrogen-bond acceptors (Lipinski definition) is 4. The third kappa shape index (κ3) is 6.00. The third-order valence-corrected chi connectivity index (χ3v) is 5.43. The van der Waals surface area contributed by atoms with E-state index in [1.807, 2.05) is 0 Å². The molecule has 4 heteroatoms. The minimum absolute atomic E-state index is 0.247. The number of β-amino-alcohol motifs (C(OH)–C–C–N with tert-alkyl or cyclic N) is 1. The van der Waals surface area contributed by atoms with E-state index >= 15 is 0 Å². The lowest BCUT2D eigenvalue weighted by molar-refractivity contribution is -0.0974. The van der Waals surface area contributed by atoms with Gasteiger partial charge in [0.2, 0.25) is 0 Å². The molecule has 0 unspecified atom stereocenters. The molecular formula is C19H37NO3. The van der Waals surface area contributed by atoms with Crippen molar-refractivity contribution < 1.29 is 14.6 Å². The molecule has 0 radical (unpaired) electrons. The second-order valence-corrected chi connectivity index (χ2v) is 8.33. The molecule has 0 aromatic rings. The number of ether oxygens (including phenoxy) is 2. The van der Waals surface area contributed by atoms with Gasteiger partial charge in [0, 0.05) is 19.6 Å². The average Bonchev–Trinajstić information content (AvgIpc) is 2.43. The molecule has 1 heterocycles. The molecule has 1 saturated heterocycles. The number of nitrogens with zero attached hydrogens (tertiary/aromatic N) is 1. The van der Waals surface area contributed by atoms with E-state index in [0.717, 1.165) is 25.4 Å². The largest absolute Gasteiger partial charge is 0.389 e. The summed E-state index contributed by atoms with van der Waals surface area (Å²) in [7, 11) is 0. The summed E-state index contributed by atoms with van der Waals surface area (Å²) in [5.74, 6) is 2.04. The van der Waals surface area contributed by atoms with Crippen LogP contribution in [0.15, 0.2) is 0 Å². The monoisotopic (exact) mass is 327 g/mol. The Morgan fingerprint density at radius 3 is 2.39 bits per heavy atom. The van der Waals surface area contributed by atoms with Crippen LogP contribution in [0.2, 0.25) is 0 Å². The predicted octanol–water partition coefficient (Wildman–Crippen LogP) is 2.93. The van der Waals surface area contributed by atoms with Gasteiger partial charge in [0.1, 0.15) is 0 Å². The number of aliphatic hydroxyl groups excluding tert-OH is 1. The Bertz CT molecular complexity index is 340. The Balaban J connectivity index is 1.77. The van der Waals surface area contributed by atoms with Gasteiger partial charge < -0.3 is 14.6 Å². The smallest absolute Gasteiger partial charge is 0.0900 e. The summed E-state index contributed by atoms with van der Waals surface area (Å²) in [5, 5.41) is 10.4. The molecule has 6 atom stereocenters. The molecule has 0 bridgehead atoms. The highest BCUT2D eigenvalue weighted by atomic mass is 16.5. The summed E-state index contributed by atoms with van der Waals surface area (Å²) in [5.41, 5.74) is 0. The SMILES string of the molecule is CC(C)[C@@H]1CC[C@@H](C)C[C@H]1OC[C@H](O)CN1C[C@@H](C)O[C@@H](C)C1. The first-order valence-electron chi connectivity index (χ1n) is 9.52. The maximum Gasteiger partial charge on any atom is 0.0900 e. The van der Waals surface area contributed by atoms with Crippen LogP contribution in [0.5, 0.6) is 0 Å². The molecule has 1 saturated carbocycles. The van der Waals surface area contributed by atoms with E-state index in [9.17, 15) is 5.11 Å². The molecule has 0 spiro atoms. The first-order chi connectivity index (χ1) is 10.8. The Hall–Kier alpha value is -0.160. The van der Waals surface area contributed by atoms with Crippen LogP contribution in [0.1, 0.15) is 53.9 Å². The molecule has 2 fully saturated rings. The quantitative estimate of drug-likeness (QED) is 0.814. The summed E-state index contributed by atoms with van der Waals surface area (Å²) in [6.07, 6.45) is 4.12. The van der Waals surface area contributed by atoms with E-state index in [1.165, 1.54) is 12.8 Å². The number of aliphatic hydroxyl groups is 1. The van der Waals surface area contributed by atoms with Crippen molar-refractivity contribution in [3.8, 4) is 0 Å². The normalized spacial score (nSPS) is 38.0. The third-order valence-electron chi connectivity index (χ3n) is 5.43. The molecule has 0 aromatic carbocycles. The van der Waals surface area contributed by atoms with Crippen molar-refractivity contribution in [2.75, 3.05) is 26.2 Å². The summed E-state index contributed by atoms with van der Waals surface area (Å²) in [6, 6.07) is 0. The predicted molar refractivity (Wildman–Crippen MR) is 93.5 cm³/mol. The van der Waals surface area contributed by atoms with Crippen LogP contribution < -0.4 is 0 Å². The molecule has 2 rings (SSSR count). The lowest BCUT2D eigenvalue weighted by atomic mass is 9.75. The van der Waals surface area contributed by atoms with Gasteiger partial charge in [0.15, 0.2) is 0 Å². The summed E-state index contributed by atoms with van der Waals surface area (Å²) in [6.45, 7) is 14.1. The standard InChI is InChI=1S/C19H37NO3/c1-13(2)18-7-6-14(3)8-19(18)22-12-17(21)11-20-9-15(4)23-16(5)10-20/h13-19,21H,6-12H2,1-5H3/t14-,15-,16+,17-,18+,19-/m1/s1. The first kappa shape index (κ1) is 19.2. The van der Waals surface area contributed by atoms with Crippen LogP contribution in [-0.2, 0) is 9.47 Å². The van der Waals surface area contributed by atoms with Crippen LogP contribution in [0.3, 0.4) is 0 Å². The molecule has 4 nitrogen and oxygen atoms in total. The molecule has 136 valence electrons. The zero-order chi connectivity index (χ0) is 17.0. The van der Waals surface area contributed by atoms with Crippen molar-refractivity contribution >= 4 is 0 Å². The summed E-state index contributed by atoms with van der Waals surface area (Å²) < 4.78 is 11.9. The molecule has 1 N–H and O–H groups in total. The fraction of sp³-hybridized carbons (Fsp3) is 1.00. The van der Waals surface area contributed by atoms with Crippen LogP contribution in [0.25, 0.3) is 0 Å². The minimum atomic E-state index is -0.405. The fourth-order valence-corrected chi connectivity index (χ4v) is 4.33. The highest BCUT2D eigenvalue weighted by molar-refractivity contribution is 4.82. The van der Waals surface area contributed by atoms with Gasteiger partial charge in [-0.25, -0.2) is 0 Å².